The molecule has 0 bridgehead atoms. The third-order valence-corrected chi connectivity index (χ3v) is 6.15. The number of ether oxygens (including phenoxy) is 12. The molecule has 0 atom stereocenters. The Labute approximate surface area is 280 Å². The summed E-state index contributed by atoms with van der Waals surface area (Å²) in [4.78, 5) is 0. The molecule has 266 valence electrons. The van der Waals surface area contributed by atoms with Gasteiger partial charge in [0.2, 0.25) is 0 Å². The summed E-state index contributed by atoms with van der Waals surface area (Å²) in [6.45, 7) is 16.0. The van der Waals surface area contributed by atoms with Crippen molar-refractivity contribution in [1.29, 1.82) is 0 Å². The second kappa shape index (κ2) is 43.2. The fourth-order valence-electron chi connectivity index (χ4n) is 3.38. The predicted molar refractivity (Wildman–Crippen MR) is 177 cm³/mol. The number of hydrogen-bond donors (Lipinski definition) is 0. The van der Waals surface area contributed by atoms with Crippen LogP contribution in [0.1, 0.15) is 39.0 Å². The van der Waals surface area contributed by atoms with Crippen molar-refractivity contribution in [3.63, 3.8) is 0 Å². The van der Waals surface area contributed by atoms with Gasteiger partial charge in [0.15, 0.2) is 0 Å². The van der Waals surface area contributed by atoms with Crippen molar-refractivity contribution in [2.75, 3.05) is 163 Å². The molecule has 0 aromatic rings. The van der Waals surface area contributed by atoms with Crippen molar-refractivity contribution in [1.82, 2.24) is 0 Å². The summed E-state index contributed by atoms with van der Waals surface area (Å²) in [5, 5.41) is 0. The first-order valence-corrected chi connectivity index (χ1v) is 17.9. The maximum absolute atomic E-state index is 5.56. The maximum atomic E-state index is 5.56. The van der Waals surface area contributed by atoms with Crippen LogP contribution in [-0.2, 0) is 56.8 Å². The molecule has 0 unspecified atom stereocenters. The van der Waals surface area contributed by atoms with Gasteiger partial charge in [0.05, 0.1) is 152 Å². The van der Waals surface area contributed by atoms with Crippen LogP contribution in [0.2, 0.25) is 0 Å². The zero-order valence-corrected chi connectivity index (χ0v) is 29.6. The third kappa shape index (κ3) is 42.2. The van der Waals surface area contributed by atoms with Gasteiger partial charge in [-0.25, -0.2) is 0 Å². The summed E-state index contributed by atoms with van der Waals surface area (Å²) in [5.74, 6) is 0. The Balaban J connectivity index is 3.03. The standard InChI is InChI=1S/C31H63IO12/c1-2-3-4-5-6-8-33-10-12-35-14-16-37-18-20-39-22-24-41-26-28-43-30-31-44-29-27-42-25-23-40-21-19-38-17-15-36-13-11-34-9-7-32/h2-31H2,1H3. The van der Waals surface area contributed by atoms with Crippen LogP contribution >= 0.6 is 22.6 Å². The molecule has 0 aliphatic rings. The molecule has 0 aliphatic heterocycles. The lowest BCUT2D eigenvalue weighted by atomic mass is 10.2. The first kappa shape index (κ1) is 44.2. The lowest BCUT2D eigenvalue weighted by Crippen LogP contribution is -2.15. The molecular formula is C31H63IO12. The summed E-state index contributed by atoms with van der Waals surface area (Å²) in [6, 6.07) is 0. The van der Waals surface area contributed by atoms with E-state index in [1.807, 2.05) is 0 Å². The van der Waals surface area contributed by atoms with Crippen molar-refractivity contribution in [3.05, 3.63) is 0 Å². The summed E-state index contributed by atoms with van der Waals surface area (Å²) in [5.41, 5.74) is 0. The minimum Gasteiger partial charge on any atom is -0.379 e. The fraction of sp³-hybridized carbons (Fsp3) is 1.00. The maximum Gasteiger partial charge on any atom is 0.0701 e. The zero-order valence-electron chi connectivity index (χ0n) is 27.5. The molecule has 0 aromatic carbocycles. The summed E-state index contributed by atoms with van der Waals surface area (Å²) in [6.07, 6.45) is 6.29. The summed E-state index contributed by atoms with van der Waals surface area (Å²) >= 11 is 2.28. The number of alkyl halides is 1. The Morgan fingerprint density at radius 3 is 0.682 bits per heavy atom. The van der Waals surface area contributed by atoms with E-state index in [4.69, 9.17) is 56.8 Å². The lowest BCUT2D eigenvalue weighted by molar-refractivity contribution is -0.0282. The second-order valence-electron chi connectivity index (χ2n) is 9.45. The monoisotopic (exact) mass is 754 g/mol. The number of unbranched alkanes of at least 4 members (excludes halogenated alkanes) is 4. The van der Waals surface area contributed by atoms with E-state index in [2.05, 4.69) is 29.5 Å². The Morgan fingerprint density at radius 1 is 0.250 bits per heavy atom. The number of halogens is 1. The van der Waals surface area contributed by atoms with Crippen LogP contribution in [0, 0.1) is 0 Å². The topological polar surface area (TPSA) is 111 Å². The van der Waals surface area contributed by atoms with Gasteiger partial charge in [-0.2, -0.15) is 0 Å². The van der Waals surface area contributed by atoms with E-state index in [0.29, 0.717) is 145 Å². The first-order valence-electron chi connectivity index (χ1n) is 16.4. The van der Waals surface area contributed by atoms with Crippen molar-refractivity contribution < 1.29 is 56.8 Å². The zero-order chi connectivity index (χ0) is 31.7. The van der Waals surface area contributed by atoms with E-state index in [-0.39, 0.29) is 0 Å². The highest BCUT2D eigenvalue weighted by atomic mass is 127. The highest BCUT2D eigenvalue weighted by Crippen LogP contribution is 2.02. The summed E-state index contributed by atoms with van der Waals surface area (Å²) < 4.78 is 66.6. The molecule has 0 heterocycles. The van der Waals surface area contributed by atoms with Gasteiger partial charge in [-0.3, -0.25) is 0 Å². The minimum atomic E-state index is 0.521. The van der Waals surface area contributed by atoms with E-state index in [9.17, 15) is 0 Å². The molecule has 12 nitrogen and oxygen atoms in total. The first-order chi connectivity index (χ1) is 21.9. The van der Waals surface area contributed by atoms with Crippen molar-refractivity contribution in [2.24, 2.45) is 0 Å². The van der Waals surface area contributed by atoms with Gasteiger partial charge in [-0.15, -0.1) is 0 Å². The van der Waals surface area contributed by atoms with Crippen LogP contribution in [0.25, 0.3) is 0 Å². The molecule has 0 N–H and O–H groups in total. The Kier molecular flexibility index (Phi) is 43.5. The Hall–Kier alpha value is 0.250. The molecule has 0 rings (SSSR count). The van der Waals surface area contributed by atoms with Crippen LogP contribution in [0.5, 0.6) is 0 Å². The van der Waals surface area contributed by atoms with Gasteiger partial charge in [-0.1, -0.05) is 55.2 Å². The van der Waals surface area contributed by atoms with Gasteiger partial charge in [-0.05, 0) is 6.42 Å². The lowest BCUT2D eigenvalue weighted by Gasteiger charge is -2.09. The highest BCUT2D eigenvalue weighted by Gasteiger charge is 1.97. The molecule has 0 spiro atoms. The minimum absolute atomic E-state index is 0.521. The van der Waals surface area contributed by atoms with Crippen molar-refractivity contribution in [3.8, 4) is 0 Å². The molecular weight excluding hydrogens is 691 g/mol. The van der Waals surface area contributed by atoms with Crippen LogP contribution < -0.4 is 0 Å². The van der Waals surface area contributed by atoms with Crippen LogP contribution in [-0.4, -0.2) is 163 Å². The van der Waals surface area contributed by atoms with E-state index in [1.54, 1.807) is 0 Å². The van der Waals surface area contributed by atoms with E-state index in [0.717, 1.165) is 24.1 Å². The quantitative estimate of drug-likeness (QED) is 0.0517. The Morgan fingerprint density at radius 2 is 0.455 bits per heavy atom. The number of hydrogen-bond acceptors (Lipinski definition) is 12. The molecule has 0 fully saturated rings. The van der Waals surface area contributed by atoms with Crippen molar-refractivity contribution in [2.45, 2.75) is 39.0 Å². The normalized spacial score (nSPS) is 11.6. The third-order valence-electron chi connectivity index (χ3n) is 5.71. The van der Waals surface area contributed by atoms with Gasteiger partial charge in [0, 0.05) is 11.0 Å². The molecule has 0 aromatic heterocycles. The van der Waals surface area contributed by atoms with Gasteiger partial charge in [0.25, 0.3) is 0 Å². The van der Waals surface area contributed by atoms with Gasteiger partial charge >= 0.3 is 0 Å². The molecule has 0 saturated carbocycles. The molecule has 0 radical (unpaired) electrons. The van der Waals surface area contributed by atoms with Crippen molar-refractivity contribution >= 4 is 22.6 Å². The van der Waals surface area contributed by atoms with E-state index in [1.165, 1.54) is 25.7 Å². The van der Waals surface area contributed by atoms with E-state index < -0.39 is 0 Å². The number of rotatable bonds is 41. The van der Waals surface area contributed by atoms with Crippen LogP contribution in [0.3, 0.4) is 0 Å². The summed E-state index contributed by atoms with van der Waals surface area (Å²) in [7, 11) is 0. The van der Waals surface area contributed by atoms with Crippen LogP contribution in [0.4, 0.5) is 0 Å². The van der Waals surface area contributed by atoms with Gasteiger partial charge in [0.1, 0.15) is 0 Å². The van der Waals surface area contributed by atoms with Crippen LogP contribution in [0.15, 0.2) is 0 Å². The SMILES string of the molecule is CCCCCCCOCCOCCOCCOCCOCCOCCOCCOCCOCCOCCOCCOCCI. The molecule has 0 amide bonds. The molecule has 44 heavy (non-hydrogen) atoms. The largest absolute Gasteiger partial charge is 0.379 e. The van der Waals surface area contributed by atoms with E-state index >= 15 is 0 Å². The average molecular weight is 755 g/mol. The fourth-order valence-corrected chi connectivity index (χ4v) is 3.69. The second-order valence-corrected chi connectivity index (χ2v) is 10.5. The predicted octanol–water partition coefficient (Wildman–Crippen LogP) is 3.59. The highest BCUT2D eigenvalue weighted by molar-refractivity contribution is 14.1. The molecule has 13 heteroatoms. The molecule has 0 aliphatic carbocycles. The average Bonchev–Trinajstić information content (AvgIpc) is 3.04. The Bertz CT molecular complexity index is 455. The molecule has 0 saturated heterocycles. The smallest absolute Gasteiger partial charge is 0.0701 e. The van der Waals surface area contributed by atoms with Gasteiger partial charge < -0.3 is 56.8 Å².